The fourth-order valence-electron chi connectivity index (χ4n) is 1.23. The predicted octanol–water partition coefficient (Wildman–Crippen LogP) is 0.0896. The highest BCUT2D eigenvalue weighted by atomic mass is 16.5. The molecule has 1 atom stereocenters. The number of aliphatic imine (C=N–C) groups is 1. The molecule has 1 heterocycles. The van der Waals surface area contributed by atoms with E-state index in [0.29, 0.717) is 18.6 Å². The van der Waals surface area contributed by atoms with E-state index in [9.17, 15) is 0 Å². The average molecular weight is 171 g/mol. The van der Waals surface area contributed by atoms with E-state index in [0.717, 1.165) is 26.0 Å². The van der Waals surface area contributed by atoms with E-state index in [1.54, 1.807) is 0 Å². The number of guanidine groups is 1. The van der Waals surface area contributed by atoms with Gasteiger partial charge in [-0.1, -0.05) is 0 Å². The van der Waals surface area contributed by atoms with Crippen LogP contribution in [-0.4, -0.2) is 31.8 Å². The van der Waals surface area contributed by atoms with Gasteiger partial charge in [-0.25, -0.2) is 0 Å². The zero-order valence-corrected chi connectivity index (χ0v) is 7.55. The second-order valence-corrected chi connectivity index (χ2v) is 2.89. The Balaban J connectivity index is 2.17. The van der Waals surface area contributed by atoms with E-state index in [-0.39, 0.29) is 0 Å². The summed E-state index contributed by atoms with van der Waals surface area (Å²) in [5.74, 6) is 0.521. The molecular formula is C8H17N3O. The van der Waals surface area contributed by atoms with Gasteiger partial charge in [-0.2, -0.15) is 0 Å². The van der Waals surface area contributed by atoms with Crippen molar-refractivity contribution in [3.8, 4) is 0 Å². The van der Waals surface area contributed by atoms with Crippen molar-refractivity contribution in [2.24, 2.45) is 10.7 Å². The summed E-state index contributed by atoms with van der Waals surface area (Å²) >= 11 is 0. The van der Waals surface area contributed by atoms with Gasteiger partial charge in [0.05, 0.1) is 12.6 Å². The Labute approximate surface area is 73.2 Å². The van der Waals surface area contributed by atoms with Crippen LogP contribution in [0.25, 0.3) is 0 Å². The Hall–Kier alpha value is -0.770. The fourth-order valence-corrected chi connectivity index (χ4v) is 1.23. The Morgan fingerprint density at radius 1 is 1.75 bits per heavy atom. The molecule has 0 spiro atoms. The molecule has 0 aromatic rings. The largest absolute Gasteiger partial charge is 0.376 e. The topological polar surface area (TPSA) is 59.6 Å². The highest BCUT2D eigenvalue weighted by molar-refractivity contribution is 5.77. The predicted molar refractivity (Wildman–Crippen MR) is 49.1 cm³/mol. The van der Waals surface area contributed by atoms with Crippen LogP contribution in [-0.2, 0) is 4.74 Å². The summed E-state index contributed by atoms with van der Waals surface area (Å²) in [6.07, 6.45) is 2.56. The van der Waals surface area contributed by atoms with Crippen LogP contribution in [0.5, 0.6) is 0 Å². The molecular weight excluding hydrogens is 154 g/mol. The van der Waals surface area contributed by atoms with Gasteiger partial charge in [0.1, 0.15) is 0 Å². The first-order chi connectivity index (χ1) is 5.83. The van der Waals surface area contributed by atoms with Crippen LogP contribution in [0.3, 0.4) is 0 Å². The highest BCUT2D eigenvalue weighted by Crippen LogP contribution is 2.11. The molecule has 70 valence electrons. The molecule has 0 radical (unpaired) electrons. The van der Waals surface area contributed by atoms with E-state index >= 15 is 0 Å². The van der Waals surface area contributed by atoms with Gasteiger partial charge in [0.2, 0.25) is 0 Å². The summed E-state index contributed by atoms with van der Waals surface area (Å²) in [6, 6.07) is 0. The Bertz CT molecular complexity index is 152. The van der Waals surface area contributed by atoms with Crippen LogP contribution in [0, 0.1) is 0 Å². The number of ether oxygens (including phenoxy) is 1. The summed E-state index contributed by atoms with van der Waals surface area (Å²) in [4.78, 5) is 4.15. The molecule has 1 fully saturated rings. The molecule has 0 bridgehead atoms. The van der Waals surface area contributed by atoms with E-state index in [4.69, 9.17) is 10.5 Å². The number of nitrogens with zero attached hydrogens (tertiary/aromatic N) is 1. The van der Waals surface area contributed by atoms with Crippen LogP contribution in [0.15, 0.2) is 4.99 Å². The van der Waals surface area contributed by atoms with E-state index in [2.05, 4.69) is 10.3 Å². The molecule has 4 heteroatoms. The first kappa shape index (κ1) is 9.32. The van der Waals surface area contributed by atoms with Crippen molar-refractivity contribution in [1.29, 1.82) is 0 Å². The Kier molecular flexibility index (Phi) is 3.87. The van der Waals surface area contributed by atoms with E-state index < -0.39 is 0 Å². The zero-order chi connectivity index (χ0) is 8.81. The SMILES string of the molecule is CCNC(N)=NCC1CCCO1. The van der Waals surface area contributed by atoms with E-state index in [1.165, 1.54) is 0 Å². The van der Waals surface area contributed by atoms with Crippen LogP contribution in [0.4, 0.5) is 0 Å². The Morgan fingerprint density at radius 2 is 2.58 bits per heavy atom. The molecule has 12 heavy (non-hydrogen) atoms. The van der Waals surface area contributed by atoms with Gasteiger partial charge in [-0.3, -0.25) is 4.99 Å². The van der Waals surface area contributed by atoms with Gasteiger partial charge >= 0.3 is 0 Å². The summed E-state index contributed by atoms with van der Waals surface area (Å²) in [5.41, 5.74) is 5.55. The lowest BCUT2D eigenvalue weighted by Gasteiger charge is -2.06. The molecule has 1 saturated heterocycles. The summed E-state index contributed by atoms with van der Waals surface area (Å²) in [6.45, 7) is 4.38. The summed E-state index contributed by atoms with van der Waals surface area (Å²) in [5, 5.41) is 2.94. The number of hydrogen-bond donors (Lipinski definition) is 2. The minimum absolute atomic E-state index is 0.294. The van der Waals surface area contributed by atoms with Crippen molar-refractivity contribution < 1.29 is 4.74 Å². The molecule has 0 aromatic heterocycles. The molecule has 0 saturated carbocycles. The standard InChI is InChI=1S/C8H17N3O/c1-2-10-8(9)11-6-7-4-3-5-12-7/h7H,2-6H2,1H3,(H3,9,10,11). The molecule has 0 amide bonds. The van der Waals surface area contributed by atoms with Gasteiger partial charge < -0.3 is 15.8 Å². The maximum absolute atomic E-state index is 5.55. The normalized spacial score (nSPS) is 24.4. The smallest absolute Gasteiger partial charge is 0.188 e. The molecule has 1 aliphatic rings. The van der Waals surface area contributed by atoms with Crippen molar-refractivity contribution in [2.45, 2.75) is 25.9 Å². The zero-order valence-electron chi connectivity index (χ0n) is 7.55. The lowest BCUT2D eigenvalue weighted by atomic mass is 10.2. The van der Waals surface area contributed by atoms with Crippen molar-refractivity contribution in [3.05, 3.63) is 0 Å². The van der Waals surface area contributed by atoms with Crippen LogP contribution < -0.4 is 11.1 Å². The third kappa shape index (κ3) is 3.09. The maximum atomic E-state index is 5.55. The minimum Gasteiger partial charge on any atom is -0.376 e. The van der Waals surface area contributed by atoms with Crippen LogP contribution in [0.2, 0.25) is 0 Å². The number of rotatable bonds is 3. The lowest BCUT2D eigenvalue weighted by molar-refractivity contribution is 0.118. The first-order valence-corrected chi connectivity index (χ1v) is 4.48. The molecule has 3 N–H and O–H groups in total. The third-order valence-corrected chi connectivity index (χ3v) is 1.85. The lowest BCUT2D eigenvalue weighted by Crippen LogP contribution is -2.32. The second kappa shape index (κ2) is 4.98. The van der Waals surface area contributed by atoms with Crippen LogP contribution in [0.1, 0.15) is 19.8 Å². The highest BCUT2D eigenvalue weighted by Gasteiger charge is 2.14. The second-order valence-electron chi connectivity index (χ2n) is 2.89. The third-order valence-electron chi connectivity index (χ3n) is 1.85. The molecule has 0 aliphatic carbocycles. The number of nitrogens with one attached hydrogen (secondary N) is 1. The monoisotopic (exact) mass is 171 g/mol. The molecule has 1 aliphatic heterocycles. The average Bonchev–Trinajstić information content (AvgIpc) is 2.53. The quantitative estimate of drug-likeness (QED) is 0.467. The summed E-state index contributed by atoms with van der Waals surface area (Å²) < 4.78 is 5.39. The molecule has 4 nitrogen and oxygen atoms in total. The molecule has 1 unspecified atom stereocenters. The fraction of sp³-hybridized carbons (Fsp3) is 0.875. The van der Waals surface area contributed by atoms with E-state index in [1.807, 2.05) is 6.92 Å². The summed E-state index contributed by atoms with van der Waals surface area (Å²) in [7, 11) is 0. The number of hydrogen-bond acceptors (Lipinski definition) is 2. The minimum atomic E-state index is 0.294. The van der Waals surface area contributed by atoms with Crippen molar-refractivity contribution in [1.82, 2.24) is 5.32 Å². The van der Waals surface area contributed by atoms with Gasteiger partial charge in [-0.15, -0.1) is 0 Å². The van der Waals surface area contributed by atoms with Gasteiger partial charge in [0.25, 0.3) is 0 Å². The van der Waals surface area contributed by atoms with Gasteiger partial charge in [0, 0.05) is 13.2 Å². The number of nitrogens with two attached hydrogens (primary N) is 1. The maximum Gasteiger partial charge on any atom is 0.188 e. The van der Waals surface area contributed by atoms with Crippen LogP contribution >= 0.6 is 0 Å². The van der Waals surface area contributed by atoms with Gasteiger partial charge in [0.15, 0.2) is 5.96 Å². The molecule has 0 aromatic carbocycles. The Morgan fingerprint density at radius 3 is 3.17 bits per heavy atom. The first-order valence-electron chi connectivity index (χ1n) is 4.48. The van der Waals surface area contributed by atoms with Crippen molar-refractivity contribution in [3.63, 3.8) is 0 Å². The van der Waals surface area contributed by atoms with Crippen molar-refractivity contribution >= 4 is 5.96 Å². The molecule has 1 rings (SSSR count). The van der Waals surface area contributed by atoms with Gasteiger partial charge in [-0.05, 0) is 19.8 Å². The van der Waals surface area contributed by atoms with Crippen molar-refractivity contribution in [2.75, 3.05) is 19.7 Å².